The Morgan fingerprint density at radius 2 is 1.95 bits per heavy atom. The molecule has 1 unspecified atom stereocenters. The molecule has 1 atom stereocenters. The molecule has 3 aromatic rings. The average Bonchev–Trinajstić information content (AvgIpc) is 2.96. The van der Waals surface area contributed by atoms with E-state index in [0.717, 1.165) is 54.1 Å². The second-order valence-corrected chi connectivity index (χ2v) is 11.4. The van der Waals surface area contributed by atoms with Gasteiger partial charge in [-0.25, -0.2) is 9.97 Å². The molecule has 0 amide bonds. The Kier molecular flexibility index (Phi) is 8.49. The minimum atomic E-state index is -0.492. The van der Waals surface area contributed by atoms with Gasteiger partial charge in [0.05, 0.1) is 31.2 Å². The summed E-state index contributed by atoms with van der Waals surface area (Å²) in [5.74, 6) is 0.467. The van der Waals surface area contributed by atoms with E-state index in [1.54, 1.807) is 18.6 Å². The van der Waals surface area contributed by atoms with Crippen LogP contribution in [0.3, 0.4) is 0 Å². The summed E-state index contributed by atoms with van der Waals surface area (Å²) in [4.78, 5) is 40.9. The molecule has 2 aliphatic heterocycles. The third kappa shape index (κ3) is 7.18. The molecule has 2 aliphatic rings. The number of pyridine rings is 1. The molecule has 0 saturated carbocycles. The van der Waals surface area contributed by atoms with Gasteiger partial charge in [0.25, 0.3) is 0 Å². The van der Waals surface area contributed by atoms with E-state index < -0.39 is 5.60 Å². The first-order valence-corrected chi connectivity index (χ1v) is 14.1. The highest BCUT2D eigenvalue weighted by molar-refractivity contribution is 6.00. The lowest BCUT2D eigenvalue weighted by molar-refractivity contribution is -0.155. The zero-order valence-electron chi connectivity index (χ0n) is 23.9. The summed E-state index contributed by atoms with van der Waals surface area (Å²) in [5, 5.41) is 0. The molecule has 1 aromatic carbocycles. The van der Waals surface area contributed by atoms with Gasteiger partial charge in [0.1, 0.15) is 17.0 Å². The summed E-state index contributed by atoms with van der Waals surface area (Å²) in [5.41, 5.74) is 10.0. The first-order chi connectivity index (χ1) is 19.7. The van der Waals surface area contributed by atoms with Crippen molar-refractivity contribution in [2.45, 2.75) is 64.6 Å². The monoisotopic (exact) mass is 559 g/mol. The van der Waals surface area contributed by atoms with Crippen LogP contribution in [0.5, 0.6) is 5.75 Å². The number of carbonyl (C=O) groups excluding carboxylic acids is 2. The number of hydrogen-bond donors (Lipinski definition) is 1. The maximum Gasteiger partial charge on any atom is 0.306 e. The molecule has 0 radical (unpaired) electrons. The Labute approximate surface area is 240 Å². The summed E-state index contributed by atoms with van der Waals surface area (Å²) >= 11 is 0. The smallest absolute Gasteiger partial charge is 0.306 e. The molecule has 0 bridgehead atoms. The first kappa shape index (κ1) is 28.5. The quantitative estimate of drug-likeness (QED) is 0.317. The van der Waals surface area contributed by atoms with E-state index in [0.29, 0.717) is 31.7 Å². The number of esters is 1. The van der Waals surface area contributed by atoms with Crippen molar-refractivity contribution >= 4 is 23.3 Å². The van der Waals surface area contributed by atoms with Gasteiger partial charge >= 0.3 is 5.97 Å². The fourth-order valence-corrected chi connectivity index (χ4v) is 5.15. The number of morpholine rings is 1. The van der Waals surface area contributed by atoms with Gasteiger partial charge in [-0.1, -0.05) is 0 Å². The van der Waals surface area contributed by atoms with Crippen LogP contribution in [0.15, 0.2) is 42.9 Å². The molecule has 4 heterocycles. The molecular weight excluding hydrogens is 522 g/mol. The molecule has 2 aromatic heterocycles. The number of fused-ring (bicyclic) bond motifs is 1. The van der Waals surface area contributed by atoms with Crippen molar-refractivity contribution in [2.75, 3.05) is 36.9 Å². The number of aryl methyl sites for hydroxylation is 1. The zero-order valence-corrected chi connectivity index (χ0v) is 23.9. The number of ether oxygens (including phenoxy) is 3. The van der Waals surface area contributed by atoms with E-state index in [1.807, 2.05) is 45.0 Å². The standard InChI is InChI=1S/C31H37N5O5/c1-31(2,3)41-28(38)9-7-23-6-4-21-16-20(5-8-27(21)40-23)24-19-34-30(32)29(35-24)26(37)17-22-18-33-11-10-25(22)36-12-14-39-15-13-36/h5,8,10-11,16,18-19,23H,4,6-7,9,12-15,17H2,1-3H3,(H2,32,34). The van der Waals surface area contributed by atoms with Gasteiger partial charge in [-0.05, 0) is 69.9 Å². The fourth-order valence-electron chi connectivity index (χ4n) is 5.15. The second-order valence-electron chi connectivity index (χ2n) is 11.4. The Morgan fingerprint density at radius 3 is 2.73 bits per heavy atom. The number of carbonyl (C=O) groups is 2. The number of ketones is 1. The van der Waals surface area contributed by atoms with Crippen LogP contribution in [0, 0.1) is 0 Å². The zero-order chi connectivity index (χ0) is 29.0. The Hall–Kier alpha value is -4.05. The van der Waals surface area contributed by atoms with Gasteiger partial charge < -0.3 is 24.8 Å². The van der Waals surface area contributed by atoms with Gasteiger partial charge in [-0.3, -0.25) is 14.6 Å². The first-order valence-electron chi connectivity index (χ1n) is 14.1. The molecule has 0 aliphatic carbocycles. The van der Waals surface area contributed by atoms with Gasteiger partial charge in [0.2, 0.25) is 0 Å². The SMILES string of the molecule is CC(C)(C)OC(=O)CCC1CCc2cc(-c3cnc(N)c(C(=O)Cc4cnccc4N4CCOCC4)n3)ccc2O1. The molecular formula is C31H37N5O5. The van der Waals surface area contributed by atoms with Crippen molar-refractivity contribution in [3.63, 3.8) is 0 Å². The number of nitrogen functional groups attached to an aromatic ring is 1. The van der Waals surface area contributed by atoms with Crippen molar-refractivity contribution in [3.05, 3.63) is 59.7 Å². The lowest BCUT2D eigenvalue weighted by Crippen LogP contribution is -2.37. The predicted molar refractivity (Wildman–Crippen MR) is 155 cm³/mol. The molecule has 5 rings (SSSR count). The number of hydrogen-bond acceptors (Lipinski definition) is 10. The Morgan fingerprint density at radius 1 is 1.15 bits per heavy atom. The van der Waals surface area contributed by atoms with Crippen LogP contribution in [-0.4, -0.2) is 64.7 Å². The number of benzene rings is 1. The topological polar surface area (TPSA) is 130 Å². The van der Waals surface area contributed by atoms with E-state index in [9.17, 15) is 9.59 Å². The minimum absolute atomic E-state index is 0.0452. The summed E-state index contributed by atoms with van der Waals surface area (Å²) < 4.78 is 17.1. The van der Waals surface area contributed by atoms with Crippen LogP contribution < -0.4 is 15.4 Å². The predicted octanol–water partition coefficient (Wildman–Crippen LogP) is 4.20. The van der Waals surface area contributed by atoms with Crippen LogP contribution >= 0.6 is 0 Å². The highest BCUT2D eigenvalue weighted by Gasteiger charge is 2.24. The number of aromatic nitrogens is 3. The summed E-state index contributed by atoms with van der Waals surface area (Å²) in [6.07, 6.45) is 7.65. The number of anilines is 2. The van der Waals surface area contributed by atoms with E-state index in [4.69, 9.17) is 19.9 Å². The number of nitrogens with two attached hydrogens (primary N) is 1. The van der Waals surface area contributed by atoms with Crippen LogP contribution in [-0.2, 0) is 27.1 Å². The molecule has 2 N–H and O–H groups in total. The average molecular weight is 560 g/mol. The Bertz CT molecular complexity index is 1410. The largest absolute Gasteiger partial charge is 0.490 e. The van der Waals surface area contributed by atoms with Gasteiger partial charge in [0, 0.05) is 55.1 Å². The van der Waals surface area contributed by atoms with Gasteiger partial charge in [-0.15, -0.1) is 0 Å². The summed E-state index contributed by atoms with van der Waals surface area (Å²) in [6, 6.07) is 7.76. The minimum Gasteiger partial charge on any atom is -0.490 e. The lowest BCUT2D eigenvalue weighted by Gasteiger charge is -2.30. The van der Waals surface area contributed by atoms with Crippen molar-refractivity contribution < 1.29 is 23.8 Å². The third-order valence-corrected chi connectivity index (χ3v) is 7.12. The normalized spacial score (nSPS) is 17.0. The highest BCUT2D eigenvalue weighted by atomic mass is 16.6. The number of Topliss-reactive ketones (excluding diaryl/α,β-unsaturated/α-hetero) is 1. The van der Waals surface area contributed by atoms with Crippen molar-refractivity contribution in [1.82, 2.24) is 15.0 Å². The lowest BCUT2D eigenvalue weighted by atomic mass is 9.97. The van der Waals surface area contributed by atoms with Crippen molar-refractivity contribution in [2.24, 2.45) is 0 Å². The van der Waals surface area contributed by atoms with Crippen LogP contribution in [0.25, 0.3) is 11.3 Å². The fraction of sp³-hybridized carbons (Fsp3) is 0.452. The number of rotatable bonds is 8. The summed E-state index contributed by atoms with van der Waals surface area (Å²) in [7, 11) is 0. The molecule has 10 nitrogen and oxygen atoms in total. The number of nitrogens with zero attached hydrogens (tertiary/aromatic N) is 4. The van der Waals surface area contributed by atoms with Crippen LogP contribution in [0.2, 0.25) is 0 Å². The van der Waals surface area contributed by atoms with Crippen molar-refractivity contribution in [1.29, 1.82) is 0 Å². The molecule has 1 fully saturated rings. The second kappa shape index (κ2) is 12.2. The molecule has 41 heavy (non-hydrogen) atoms. The maximum absolute atomic E-state index is 13.4. The van der Waals surface area contributed by atoms with E-state index in [2.05, 4.69) is 19.9 Å². The van der Waals surface area contributed by atoms with Crippen molar-refractivity contribution in [3.8, 4) is 17.0 Å². The molecule has 0 spiro atoms. The van der Waals surface area contributed by atoms with E-state index in [-0.39, 0.29) is 35.8 Å². The van der Waals surface area contributed by atoms with Gasteiger partial charge in [0.15, 0.2) is 11.6 Å². The van der Waals surface area contributed by atoms with E-state index >= 15 is 0 Å². The molecule has 10 heteroatoms. The highest BCUT2D eigenvalue weighted by Crippen LogP contribution is 2.33. The molecule has 1 saturated heterocycles. The van der Waals surface area contributed by atoms with Crippen LogP contribution in [0.1, 0.15) is 61.6 Å². The summed E-state index contributed by atoms with van der Waals surface area (Å²) in [6.45, 7) is 8.41. The van der Waals surface area contributed by atoms with Gasteiger partial charge in [-0.2, -0.15) is 0 Å². The van der Waals surface area contributed by atoms with Crippen LogP contribution in [0.4, 0.5) is 11.5 Å². The van der Waals surface area contributed by atoms with E-state index in [1.165, 1.54) is 0 Å². The maximum atomic E-state index is 13.4. The Balaban J connectivity index is 1.27. The third-order valence-electron chi connectivity index (χ3n) is 7.12. The molecule has 216 valence electrons.